The summed E-state index contributed by atoms with van der Waals surface area (Å²) in [7, 11) is 0. The quantitative estimate of drug-likeness (QED) is 0.449. The van der Waals surface area contributed by atoms with Crippen molar-refractivity contribution in [3.63, 3.8) is 0 Å². The first-order valence-corrected chi connectivity index (χ1v) is 4.52. The molecular weight excluding hydrogens is 134 g/mol. The SMILES string of the molecule is C#CCC1CCCCC(N)C1. The van der Waals surface area contributed by atoms with Crippen LogP contribution < -0.4 is 5.73 Å². The zero-order valence-electron chi connectivity index (χ0n) is 7.05. The van der Waals surface area contributed by atoms with Crippen LogP contribution in [0.1, 0.15) is 38.5 Å². The van der Waals surface area contributed by atoms with Crippen molar-refractivity contribution in [3.05, 3.63) is 0 Å². The Morgan fingerprint density at radius 2 is 2.09 bits per heavy atom. The van der Waals surface area contributed by atoms with Crippen LogP contribution in [0.15, 0.2) is 0 Å². The predicted octanol–water partition coefficient (Wildman–Crippen LogP) is 1.92. The highest BCUT2D eigenvalue weighted by Gasteiger charge is 2.15. The molecule has 1 heteroatoms. The highest BCUT2D eigenvalue weighted by Crippen LogP contribution is 2.24. The fraction of sp³-hybridized carbons (Fsp3) is 0.800. The molecule has 0 bridgehead atoms. The van der Waals surface area contributed by atoms with Gasteiger partial charge >= 0.3 is 0 Å². The Labute approximate surface area is 69.4 Å². The third-order valence-electron chi connectivity index (χ3n) is 2.48. The van der Waals surface area contributed by atoms with Gasteiger partial charge in [-0.1, -0.05) is 12.8 Å². The Kier molecular flexibility index (Phi) is 3.45. The maximum Gasteiger partial charge on any atom is 0.0115 e. The molecule has 1 saturated carbocycles. The minimum Gasteiger partial charge on any atom is -0.328 e. The van der Waals surface area contributed by atoms with E-state index < -0.39 is 0 Å². The van der Waals surface area contributed by atoms with E-state index in [0.717, 1.165) is 12.8 Å². The van der Waals surface area contributed by atoms with E-state index in [1.807, 2.05) is 0 Å². The molecule has 0 aromatic carbocycles. The Morgan fingerprint density at radius 3 is 2.82 bits per heavy atom. The molecule has 0 radical (unpaired) electrons. The summed E-state index contributed by atoms with van der Waals surface area (Å²) in [5, 5.41) is 0. The van der Waals surface area contributed by atoms with Crippen LogP contribution in [0.3, 0.4) is 0 Å². The van der Waals surface area contributed by atoms with Crippen molar-refractivity contribution in [2.45, 2.75) is 44.6 Å². The van der Waals surface area contributed by atoms with Gasteiger partial charge in [0, 0.05) is 12.5 Å². The summed E-state index contributed by atoms with van der Waals surface area (Å²) in [5.74, 6) is 3.44. The lowest BCUT2D eigenvalue weighted by atomic mass is 9.95. The van der Waals surface area contributed by atoms with Crippen molar-refractivity contribution in [1.29, 1.82) is 0 Å². The maximum atomic E-state index is 5.89. The second-order valence-electron chi connectivity index (χ2n) is 3.55. The summed E-state index contributed by atoms with van der Waals surface area (Å²) in [6, 6.07) is 0.413. The zero-order chi connectivity index (χ0) is 8.10. The van der Waals surface area contributed by atoms with Crippen LogP contribution in [0, 0.1) is 18.3 Å². The van der Waals surface area contributed by atoms with Crippen molar-refractivity contribution >= 4 is 0 Å². The van der Waals surface area contributed by atoms with E-state index in [2.05, 4.69) is 5.92 Å². The van der Waals surface area contributed by atoms with Gasteiger partial charge in [0.1, 0.15) is 0 Å². The molecule has 0 spiro atoms. The summed E-state index contributed by atoms with van der Waals surface area (Å²) in [5.41, 5.74) is 5.89. The van der Waals surface area contributed by atoms with Gasteiger partial charge in [-0.25, -0.2) is 0 Å². The zero-order valence-corrected chi connectivity index (χ0v) is 7.05. The summed E-state index contributed by atoms with van der Waals surface area (Å²) in [4.78, 5) is 0. The van der Waals surface area contributed by atoms with E-state index in [4.69, 9.17) is 12.2 Å². The number of hydrogen-bond acceptors (Lipinski definition) is 1. The lowest BCUT2D eigenvalue weighted by Crippen LogP contribution is -2.21. The van der Waals surface area contributed by atoms with Crippen molar-refractivity contribution in [3.8, 4) is 12.3 Å². The van der Waals surface area contributed by atoms with Crippen LogP contribution in [0.2, 0.25) is 0 Å². The summed E-state index contributed by atoms with van der Waals surface area (Å²) in [6.45, 7) is 0. The summed E-state index contributed by atoms with van der Waals surface area (Å²) >= 11 is 0. The first kappa shape index (κ1) is 8.62. The topological polar surface area (TPSA) is 26.0 Å². The van der Waals surface area contributed by atoms with Crippen LogP contribution >= 0.6 is 0 Å². The van der Waals surface area contributed by atoms with Crippen LogP contribution in [0.4, 0.5) is 0 Å². The van der Waals surface area contributed by atoms with E-state index in [1.54, 1.807) is 0 Å². The Balaban J connectivity index is 2.34. The molecule has 2 unspecified atom stereocenters. The molecule has 62 valence electrons. The molecule has 0 saturated heterocycles. The first-order valence-electron chi connectivity index (χ1n) is 4.52. The van der Waals surface area contributed by atoms with Crippen LogP contribution in [0.5, 0.6) is 0 Å². The van der Waals surface area contributed by atoms with Gasteiger partial charge in [-0.05, 0) is 25.2 Å². The van der Waals surface area contributed by atoms with Gasteiger partial charge in [-0.15, -0.1) is 12.3 Å². The van der Waals surface area contributed by atoms with E-state index in [9.17, 15) is 0 Å². The smallest absolute Gasteiger partial charge is 0.0115 e. The molecule has 0 aromatic heterocycles. The monoisotopic (exact) mass is 151 g/mol. The Bertz CT molecular complexity index is 145. The summed E-state index contributed by atoms with van der Waals surface area (Å²) < 4.78 is 0. The maximum absolute atomic E-state index is 5.89. The number of nitrogens with two attached hydrogens (primary N) is 1. The standard InChI is InChI=1S/C10H17N/c1-2-5-9-6-3-4-7-10(11)8-9/h1,9-10H,3-8,11H2. The van der Waals surface area contributed by atoms with E-state index in [1.165, 1.54) is 25.7 Å². The first-order chi connectivity index (χ1) is 5.33. The van der Waals surface area contributed by atoms with Gasteiger partial charge in [-0.2, -0.15) is 0 Å². The average molecular weight is 151 g/mol. The highest BCUT2D eigenvalue weighted by atomic mass is 14.6. The molecule has 0 aliphatic heterocycles. The molecule has 0 heterocycles. The normalized spacial score (nSPS) is 32.4. The third-order valence-corrected chi connectivity index (χ3v) is 2.48. The van der Waals surface area contributed by atoms with Gasteiger partial charge in [-0.3, -0.25) is 0 Å². The van der Waals surface area contributed by atoms with Crippen molar-refractivity contribution in [2.24, 2.45) is 11.7 Å². The van der Waals surface area contributed by atoms with Crippen molar-refractivity contribution < 1.29 is 0 Å². The molecule has 0 amide bonds. The van der Waals surface area contributed by atoms with Crippen molar-refractivity contribution in [2.75, 3.05) is 0 Å². The second kappa shape index (κ2) is 4.41. The lowest BCUT2D eigenvalue weighted by molar-refractivity contribution is 0.442. The predicted molar refractivity (Wildman–Crippen MR) is 48.0 cm³/mol. The van der Waals surface area contributed by atoms with E-state index in [0.29, 0.717) is 12.0 Å². The molecule has 1 nitrogen and oxygen atoms in total. The molecule has 0 aromatic rings. The third kappa shape index (κ3) is 2.95. The van der Waals surface area contributed by atoms with Crippen LogP contribution in [-0.4, -0.2) is 6.04 Å². The molecule has 2 N–H and O–H groups in total. The van der Waals surface area contributed by atoms with Gasteiger partial charge in [0.2, 0.25) is 0 Å². The van der Waals surface area contributed by atoms with Gasteiger partial charge in [0.25, 0.3) is 0 Å². The molecule has 1 rings (SSSR count). The van der Waals surface area contributed by atoms with Gasteiger partial charge in [0.05, 0.1) is 0 Å². The van der Waals surface area contributed by atoms with Gasteiger partial charge < -0.3 is 5.73 Å². The van der Waals surface area contributed by atoms with Crippen LogP contribution in [0.25, 0.3) is 0 Å². The van der Waals surface area contributed by atoms with E-state index in [-0.39, 0.29) is 0 Å². The lowest BCUT2D eigenvalue weighted by Gasteiger charge is -2.13. The molecule has 1 aliphatic carbocycles. The molecule has 1 fully saturated rings. The van der Waals surface area contributed by atoms with E-state index >= 15 is 0 Å². The number of terminal acetylenes is 1. The van der Waals surface area contributed by atoms with Crippen LogP contribution in [-0.2, 0) is 0 Å². The molecular formula is C10H17N. The largest absolute Gasteiger partial charge is 0.328 e. The minimum atomic E-state index is 0.413. The Hall–Kier alpha value is -0.480. The number of rotatable bonds is 1. The number of hydrogen-bond donors (Lipinski definition) is 1. The Morgan fingerprint density at radius 1 is 1.36 bits per heavy atom. The molecule has 11 heavy (non-hydrogen) atoms. The van der Waals surface area contributed by atoms with Gasteiger partial charge in [0.15, 0.2) is 0 Å². The van der Waals surface area contributed by atoms with Crippen molar-refractivity contribution in [1.82, 2.24) is 0 Å². The fourth-order valence-electron chi connectivity index (χ4n) is 1.86. The highest BCUT2D eigenvalue weighted by molar-refractivity contribution is 4.88. The molecule has 2 atom stereocenters. The minimum absolute atomic E-state index is 0.413. The summed E-state index contributed by atoms with van der Waals surface area (Å²) in [6.07, 6.45) is 12.4. The average Bonchev–Trinajstić information content (AvgIpc) is 2.15. The molecule has 1 aliphatic rings. The fourth-order valence-corrected chi connectivity index (χ4v) is 1.86. The second-order valence-corrected chi connectivity index (χ2v) is 3.55.